The van der Waals surface area contributed by atoms with Crippen LogP contribution in [0, 0.1) is 11.7 Å². The van der Waals surface area contributed by atoms with Gasteiger partial charge in [0.25, 0.3) is 0 Å². The average Bonchev–Trinajstić information content (AvgIpc) is 2.82. The molecule has 0 unspecified atom stereocenters. The number of aryl methyl sites for hydroxylation is 1. The molecule has 0 radical (unpaired) electrons. The summed E-state index contributed by atoms with van der Waals surface area (Å²) in [5.74, 6) is 0.644. The summed E-state index contributed by atoms with van der Waals surface area (Å²) in [6.45, 7) is 2.80. The van der Waals surface area contributed by atoms with Gasteiger partial charge in [-0.15, -0.1) is 0 Å². The maximum absolute atomic E-state index is 13.3. The summed E-state index contributed by atoms with van der Waals surface area (Å²) in [7, 11) is 0. The SMILES string of the molecule is CCCCOc1cc(Br)ccc1[C@@H]1[C@@H](CCCc2ccc(F)cc2)C(=O)N1c1ccccc1. The van der Waals surface area contributed by atoms with Crippen molar-refractivity contribution in [2.75, 3.05) is 11.5 Å². The molecule has 0 bridgehead atoms. The van der Waals surface area contributed by atoms with E-state index in [1.165, 1.54) is 12.1 Å². The quantitative estimate of drug-likeness (QED) is 0.209. The highest BCUT2D eigenvalue weighted by atomic mass is 79.9. The minimum Gasteiger partial charge on any atom is -0.493 e. The highest BCUT2D eigenvalue weighted by Gasteiger charge is 2.49. The number of para-hydroxylation sites is 1. The zero-order valence-corrected chi connectivity index (χ0v) is 20.4. The zero-order valence-electron chi connectivity index (χ0n) is 18.8. The van der Waals surface area contributed by atoms with E-state index in [-0.39, 0.29) is 23.7 Å². The van der Waals surface area contributed by atoms with Crippen molar-refractivity contribution in [3.05, 3.63) is 94.2 Å². The van der Waals surface area contributed by atoms with Crippen molar-refractivity contribution in [2.24, 2.45) is 5.92 Å². The van der Waals surface area contributed by atoms with Gasteiger partial charge in [-0.2, -0.15) is 0 Å². The van der Waals surface area contributed by atoms with Crippen molar-refractivity contribution in [1.82, 2.24) is 0 Å². The first-order chi connectivity index (χ1) is 16.1. The molecule has 4 rings (SSSR count). The molecule has 1 amide bonds. The third-order valence-electron chi connectivity index (χ3n) is 6.19. The second-order valence-corrected chi connectivity index (χ2v) is 9.41. The van der Waals surface area contributed by atoms with E-state index in [2.05, 4.69) is 28.9 Å². The zero-order chi connectivity index (χ0) is 23.2. The Bertz CT molecular complexity index is 1070. The van der Waals surface area contributed by atoms with Crippen molar-refractivity contribution >= 4 is 27.5 Å². The molecule has 0 N–H and O–H groups in total. The second-order valence-electron chi connectivity index (χ2n) is 8.50. The van der Waals surface area contributed by atoms with E-state index in [4.69, 9.17) is 4.74 Å². The minimum absolute atomic E-state index is 0.0714. The van der Waals surface area contributed by atoms with Crippen LogP contribution < -0.4 is 9.64 Å². The maximum atomic E-state index is 13.3. The molecule has 0 aromatic heterocycles. The van der Waals surface area contributed by atoms with Crippen LogP contribution in [0.2, 0.25) is 0 Å². The molecule has 1 aliphatic heterocycles. The van der Waals surface area contributed by atoms with Gasteiger partial charge < -0.3 is 9.64 Å². The number of nitrogens with zero attached hydrogens (tertiary/aromatic N) is 1. The molecule has 1 aliphatic rings. The van der Waals surface area contributed by atoms with Gasteiger partial charge in [-0.1, -0.05) is 65.7 Å². The van der Waals surface area contributed by atoms with E-state index in [0.717, 1.165) is 59.1 Å². The average molecular weight is 510 g/mol. The molecule has 1 fully saturated rings. The number of unbranched alkanes of at least 4 members (excludes halogenated alkanes) is 1. The first-order valence-electron chi connectivity index (χ1n) is 11.6. The Morgan fingerprint density at radius 3 is 2.48 bits per heavy atom. The van der Waals surface area contributed by atoms with Gasteiger partial charge in [0.1, 0.15) is 11.6 Å². The number of ether oxygens (including phenoxy) is 1. The van der Waals surface area contributed by atoms with Crippen LogP contribution in [0.5, 0.6) is 5.75 Å². The molecule has 3 aromatic carbocycles. The number of carbonyl (C=O) groups excluding carboxylic acids is 1. The van der Waals surface area contributed by atoms with Crippen LogP contribution in [0.1, 0.15) is 49.8 Å². The molecule has 1 saturated heterocycles. The number of benzene rings is 3. The molecule has 0 aliphatic carbocycles. The molecule has 33 heavy (non-hydrogen) atoms. The standard InChI is InChI=1S/C28H29BrFNO2/c1-2-3-18-33-26-19-21(29)14-17-24(26)27-25(11-7-8-20-12-15-22(30)16-13-20)28(32)31(27)23-9-5-4-6-10-23/h4-6,9-10,12-17,19,25,27H,2-3,7-8,11,18H2,1H3/t25-,27-/m1/s1. The lowest BCUT2D eigenvalue weighted by Crippen LogP contribution is -2.55. The summed E-state index contributed by atoms with van der Waals surface area (Å²) >= 11 is 3.57. The summed E-state index contributed by atoms with van der Waals surface area (Å²) < 4.78 is 20.3. The maximum Gasteiger partial charge on any atom is 0.233 e. The van der Waals surface area contributed by atoms with E-state index in [1.807, 2.05) is 59.5 Å². The third-order valence-corrected chi connectivity index (χ3v) is 6.69. The molecular weight excluding hydrogens is 481 g/mol. The van der Waals surface area contributed by atoms with Gasteiger partial charge in [-0.25, -0.2) is 4.39 Å². The van der Waals surface area contributed by atoms with Crippen molar-refractivity contribution in [1.29, 1.82) is 0 Å². The molecule has 0 spiro atoms. The van der Waals surface area contributed by atoms with Crippen LogP contribution in [-0.2, 0) is 11.2 Å². The predicted molar refractivity (Wildman–Crippen MR) is 134 cm³/mol. The van der Waals surface area contributed by atoms with E-state index in [9.17, 15) is 9.18 Å². The number of halogens is 2. The van der Waals surface area contributed by atoms with Gasteiger partial charge in [0.2, 0.25) is 5.91 Å². The van der Waals surface area contributed by atoms with Gasteiger partial charge in [-0.05, 0) is 67.6 Å². The Morgan fingerprint density at radius 1 is 1.00 bits per heavy atom. The molecule has 172 valence electrons. The lowest BCUT2D eigenvalue weighted by atomic mass is 9.78. The highest BCUT2D eigenvalue weighted by Crippen LogP contribution is 2.48. The van der Waals surface area contributed by atoms with Crippen molar-refractivity contribution < 1.29 is 13.9 Å². The third kappa shape index (κ3) is 5.47. The van der Waals surface area contributed by atoms with E-state index < -0.39 is 0 Å². The van der Waals surface area contributed by atoms with Crippen LogP contribution >= 0.6 is 15.9 Å². The summed E-state index contributed by atoms with van der Waals surface area (Å²) in [5, 5.41) is 0. The van der Waals surface area contributed by atoms with Gasteiger partial charge in [-0.3, -0.25) is 4.79 Å². The van der Waals surface area contributed by atoms with Crippen LogP contribution in [0.25, 0.3) is 0 Å². The van der Waals surface area contributed by atoms with Crippen LogP contribution in [-0.4, -0.2) is 12.5 Å². The number of hydrogen-bond donors (Lipinski definition) is 0. The summed E-state index contributed by atoms with van der Waals surface area (Å²) in [6, 6.07) is 22.5. The fraction of sp³-hybridized carbons (Fsp3) is 0.321. The number of β-lactam (4-membered cyclic amide) rings is 1. The number of rotatable bonds is 10. The largest absolute Gasteiger partial charge is 0.493 e. The molecule has 2 atom stereocenters. The van der Waals surface area contributed by atoms with Gasteiger partial charge in [0, 0.05) is 15.7 Å². The highest BCUT2D eigenvalue weighted by molar-refractivity contribution is 9.10. The smallest absolute Gasteiger partial charge is 0.233 e. The fourth-order valence-corrected chi connectivity index (χ4v) is 4.78. The van der Waals surface area contributed by atoms with Gasteiger partial charge in [0.05, 0.1) is 18.6 Å². The molecule has 1 heterocycles. The summed E-state index contributed by atoms with van der Waals surface area (Å²) in [4.78, 5) is 15.2. The fourth-order valence-electron chi connectivity index (χ4n) is 4.44. The molecule has 0 saturated carbocycles. The topological polar surface area (TPSA) is 29.5 Å². The monoisotopic (exact) mass is 509 g/mol. The lowest BCUT2D eigenvalue weighted by Gasteiger charge is -2.48. The van der Waals surface area contributed by atoms with E-state index in [1.54, 1.807) is 0 Å². The predicted octanol–water partition coefficient (Wildman–Crippen LogP) is 7.49. The van der Waals surface area contributed by atoms with Crippen LogP contribution in [0.15, 0.2) is 77.3 Å². The first kappa shape index (κ1) is 23.5. The Hall–Kier alpha value is -2.66. The number of amides is 1. The van der Waals surface area contributed by atoms with Crippen molar-refractivity contribution in [3.8, 4) is 5.75 Å². The molecular formula is C28H29BrFNO2. The van der Waals surface area contributed by atoms with E-state index >= 15 is 0 Å². The number of hydrogen-bond acceptors (Lipinski definition) is 2. The Labute approximate surface area is 203 Å². The van der Waals surface area contributed by atoms with Gasteiger partial charge >= 0.3 is 0 Å². The Kier molecular flexibility index (Phi) is 7.81. The van der Waals surface area contributed by atoms with Crippen molar-refractivity contribution in [2.45, 2.75) is 45.1 Å². The minimum atomic E-state index is -0.225. The summed E-state index contributed by atoms with van der Waals surface area (Å²) in [5.41, 5.74) is 3.04. The van der Waals surface area contributed by atoms with Crippen LogP contribution in [0.3, 0.4) is 0 Å². The Morgan fingerprint density at radius 2 is 1.76 bits per heavy atom. The summed E-state index contributed by atoms with van der Waals surface area (Å²) in [6.07, 6.45) is 4.51. The molecule has 3 nitrogen and oxygen atoms in total. The second kappa shape index (κ2) is 11.0. The van der Waals surface area contributed by atoms with E-state index in [0.29, 0.717) is 6.61 Å². The lowest BCUT2D eigenvalue weighted by molar-refractivity contribution is -0.130. The normalized spacial score (nSPS) is 17.7. The first-order valence-corrected chi connectivity index (χ1v) is 12.4. The number of carbonyl (C=O) groups is 1. The Balaban J connectivity index is 1.57. The van der Waals surface area contributed by atoms with Gasteiger partial charge in [0.15, 0.2) is 0 Å². The van der Waals surface area contributed by atoms with Crippen molar-refractivity contribution in [3.63, 3.8) is 0 Å². The molecule has 3 aromatic rings. The number of anilines is 1. The molecule has 5 heteroatoms. The van der Waals surface area contributed by atoms with Crippen LogP contribution in [0.4, 0.5) is 10.1 Å².